The van der Waals surface area contributed by atoms with Gasteiger partial charge < -0.3 is 4.74 Å². The van der Waals surface area contributed by atoms with E-state index in [0.29, 0.717) is 11.8 Å². The van der Waals surface area contributed by atoms with E-state index in [1.54, 1.807) is 6.07 Å². The van der Waals surface area contributed by atoms with Crippen LogP contribution >= 0.6 is 0 Å². The number of hydrogen-bond acceptors (Lipinski definition) is 1. The molecule has 2 heteroatoms. The quantitative estimate of drug-likeness (QED) is 0.704. The summed E-state index contributed by atoms with van der Waals surface area (Å²) in [5.41, 5.74) is 1.90. The minimum absolute atomic E-state index is 0.117. The lowest BCUT2D eigenvalue weighted by Crippen LogP contribution is -2.15. The van der Waals surface area contributed by atoms with Crippen LogP contribution in [0, 0.1) is 11.7 Å². The predicted octanol–water partition coefficient (Wildman–Crippen LogP) is 5.57. The third-order valence-corrected chi connectivity index (χ3v) is 4.87. The average molecular weight is 290 g/mol. The molecule has 2 aliphatic carbocycles. The van der Waals surface area contributed by atoms with E-state index in [9.17, 15) is 4.39 Å². The monoisotopic (exact) mass is 290 g/mol. The summed E-state index contributed by atoms with van der Waals surface area (Å²) in [5.74, 6) is 1.94. The number of ether oxygens (including phenoxy) is 1. The van der Waals surface area contributed by atoms with E-state index in [2.05, 4.69) is 26.8 Å². The average Bonchev–Trinajstić information content (AvgIpc) is 3.11. The summed E-state index contributed by atoms with van der Waals surface area (Å²) < 4.78 is 20.5. The van der Waals surface area contributed by atoms with Gasteiger partial charge in [-0.15, -0.1) is 0 Å². The Bertz CT molecular complexity index is 505. The molecular weight excluding hydrogens is 263 g/mol. The standard InChI is InChI=1S/C19H27FO/c1-19(2,3)16-10-15(14-8-9-14)18(11-17(16)20)21-12-13-6-4-5-7-13/h10-11,13-14H,4-9,12H2,1-3H3. The molecule has 0 radical (unpaired) electrons. The summed E-state index contributed by atoms with van der Waals surface area (Å²) in [6, 6.07) is 3.71. The summed E-state index contributed by atoms with van der Waals surface area (Å²) in [4.78, 5) is 0. The molecule has 0 atom stereocenters. The zero-order valence-electron chi connectivity index (χ0n) is 13.5. The molecule has 0 spiro atoms. The summed E-state index contributed by atoms with van der Waals surface area (Å²) >= 11 is 0. The van der Waals surface area contributed by atoms with Crippen molar-refractivity contribution in [3.8, 4) is 5.75 Å². The minimum atomic E-state index is -0.155. The van der Waals surface area contributed by atoms with Gasteiger partial charge in [0.05, 0.1) is 6.61 Å². The Morgan fingerprint density at radius 3 is 2.33 bits per heavy atom. The van der Waals surface area contributed by atoms with E-state index < -0.39 is 0 Å². The normalized spacial score (nSPS) is 20.0. The zero-order chi connectivity index (χ0) is 15.0. The van der Waals surface area contributed by atoms with Crippen molar-refractivity contribution < 1.29 is 9.13 Å². The third kappa shape index (κ3) is 3.41. The van der Waals surface area contributed by atoms with Crippen LogP contribution in [0.1, 0.15) is 76.3 Å². The number of halogens is 1. The van der Waals surface area contributed by atoms with Crippen molar-refractivity contribution in [2.24, 2.45) is 5.92 Å². The lowest BCUT2D eigenvalue weighted by molar-refractivity contribution is 0.248. The van der Waals surface area contributed by atoms with Crippen molar-refractivity contribution in [1.82, 2.24) is 0 Å². The second kappa shape index (κ2) is 5.62. The van der Waals surface area contributed by atoms with E-state index in [-0.39, 0.29) is 11.2 Å². The fraction of sp³-hybridized carbons (Fsp3) is 0.684. The fourth-order valence-electron chi connectivity index (χ4n) is 3.37. The maximum atomic E-state index is 14.4. The van der Waals surface area contributed by atoms with Crippen molar-refractivity contribution >= 4 is 0 Å². The maximum Gasteiger partial charge on any atom is 0.130 e. The molecule has 21 heavy (non-hydrogen) atoms. The van der Waals surface area contributed by atoms with Crippen molar-refractivity contribution in [2.45, 2.75) is 70.6 Å². The van der Waals surface area contributed by atoms with Crippen LogP contribution in [0.15, 0.2) is 12.1 Å². The highest BCUT2D eigenvalue weighted by Crippen LogP contribution is 2.46. The van der Waals surface area contributed by atoms with Gasteiger partial charge in [-0.05, 0) is 60.1 Å². The Labute approximate surface area is 127 Å². The van der Waals surface area contributed by atoms with Crippen molar-refractivity contribution in [1.29, 1.82) is 0 Å². The Balaban J connectivity index is 1.83. The molecule has 0 N–H and O–H groups in total. The molecule has 1 aromatic rings. The summed E-state index contributed by atoms with van der Waals surface area (Å²) in [6.07, 6.45) is 7.61. The lowest BCUT2D eigenvalue weighted by Gasteiger charge is -2.23. The summed E-state index contributed by atoms with van der Waals surface area (Å²) in [7, 11) is 0. The first-order chi connectivity index (χ1) is 9.95. The van der Waals surface area contributed by atoms with Gasteiger partial charge in [-0.3, -0.25) is 0 Å². The number of hydrogen-bond donors (Lipinski definition) is 0. The zero-order valence-corrected chi connectivity index (χ0v) is 13.5. The van der Waals surface area contributed by atoms with E-state index in [0.717, 1.165) is 17.9 Å². The Kier molecular flexibility index (Phi) is 3.98. The van der Waals surface area contributed by atoms with Crippen LogP contribution in [0.2, 0.25) is 0 Å². The Morgan fingerprint density at radius 2 is 1.76 bits per heavy atom. The second-order valence-electron chi connectivity index (χ2n) is 7.86. The molecule has 0 bridgehead atoms. The van der Waals surface area contributed by atoms with Gasteiger partial charge in [0.1, 0.15) is 11.6 Å². The molecular formula is C19H27FO. The fourth-order valence-corrected chi connectivity index (χ4v) is 3.37. The van der Waals surface area contributed by atoms with Crippen LogP contribution < -0.4 is 4.74 Å². The van der Waals surface area contributed by atoms with Gasteiger partial charge in [0.2, 0.25) is 0 Å². The maximum absolute atomic E-state index is 14.4. The molecule has 0 unspecified atom stereocenters. The van der Waals surface area contributed by atoms with Gasteiger partial charge >= 0.3 is 0 Å². The third-order valence-electron chi connectivity index (χ3n) is 4.87. The largest absolute Gasteiger partial charge is 0.493 e. The van der Waals surface area contributed by atoms with Crippen LogP contribution in [-0.4, -0.2) is 6.61 Å². The van der Waals surface area contributed by atoms with Crippen LogP contribution in [0.5, 0.6) is 5.75 Å². The Hall–Kier alpha value is -1.05. The molecule has 0 aliphatic heterocycles. The second-order valence-corrected chi connectivity index (χ2v) is 7.86. The molecule has 116 valence electrons. The number of benzene rings is 1. The Morgan fingerprint density at radius 1 is 1.10 bits per heavy atom. The van der Waals surface area contributed by atoms with Gasteiger partial charge in [0, 0.05) is 6.07 Å². The molecule has 1 aromatic carbocycles. The molecule has 1 nitrogen and oxygen atoms in total. The van der Waals surface area contributed by atoms with Crippen molar-refractivity contribution in [2.75, 3.05) is 6.61 Å². The van der Waals surface area contributed by atoms with Crippen molar-refractivity contribution in [3.63, 3.8) is 0 Å². The molecule has 0 aromatic heterocycles. The van der Waals surface area contributed by atoms with Gasteiger partial charge in [-0.25, -0.2) is 4.39 Å². The highest BCUT2D eigenvalue weighted by Gasteiger charge is 2.30. The van der Waals surface area contributed by atoms with E-state index in [1.165, 1.54) is 44.1 Å². The first-order valence-electron chi connectivity index (χ1n) is 8.42. The van der Waals surface area contributed by atoms with Crippen LogP contribution in [0.4, 0.5) is 4.39 Å². The molecule has 0 amide bonds. The highest BCUT2D eigenvalue weighted by atomic mass is 19.1. The van der Waals surface area contributed by atoms with E-state index in [1.807, 2.05) is 0 Å². The van der Waals surface area contributed by atoms with Gasteiger partial charge in [-0.2, -0.15) is 0 Å². The molecule has 2 fully saturated rings. The predicted molar refractivity (Wildman–Crippen MR) is 84.5 cm³/mol. The van der Waals surface area contributed by atoms with Crippen LogP contribution in [0.25, 0.3) is 0 Å². The topological polar surface area (TPSA) is 9.23 Å². The smallest absolute Gasteiger partial charge is 0.130 e. The van der Waals surface area contributed by atoms with E-state index in [4.69, 9.17) is 4.74 Å². The summed E-state index contributed by atoms with van der Waals surface area (Å²) in [5, 5.41) is 0. The lowest BCUT2D eigenvalue weighted by atomic mass is 9.85. The highest BCUT2D eigenvalue weighted by molar-refractivity contribution is 5.44. The first kappa shape index (κ1) is 14.9. The molecule has 0 saturated heterocycles. The number of rotatable bonds is 4. The van der Waals surface area contributed by atoms with Crippen LogP contribution in [0.3, 0.4) is 0 Å². The minimum Gasteiger partial charge on any atom is -0.493 e. The summed E-state index contributed by atoms with van der Waals surface area (Å²) in [6.45, 7) is 6.97. The van der Waals surface area contributed by atoms with Gasteiger partial charge in [0.15, 0.2) is 0 Å². The molecule has 0 heterocycles. The first-order valence-corrected chi connectivity index (χ1v) is 8.42. The van der Waals surface area contributed by atoms with Crippen molar-refractivity contribution in [3.05, 3.63) is 29.1 Å². The molecule has 2 aliphatic rings. The van der Waals surface area contributed by atoms with Gasteiger partial charge in [0.25, 0.3) is 0 Å². The van der Waals surface area contributed by atoms with Gasteiger partial charge in [-0.1, -0.05) is 33.6 Å². The van der Waals surface area contributed by atoms with Crippen LogP contribution in [-0.2, 0) is 5.41 Å². The molecule has 3 rings (SSSR count). The van der Waals surface area contributed by atoms with E-state index >= 15 is 0 Å². The SMILES string of the molecule is CC(C)(C)c1cc(C2CC2)c(OCC2CCCC2)cc1F. The molecule has 2 saturated carbocycles.